The zero-order valence-corrected chi connectivity index (χ0v) is 15.9. The first-order valence-electron chi connectivity index (χ1n) is 9.25. The van der Waals surface area contributed by atoms with E-state index in [0.717, 1.165) is 41.8 Å². The number of carbonyl (C=O) groups is 1. The molecule has 142 valence electrons. The number of likely N-dealkylation sites (tertiary alicyclic amines) is 1. The molecule has 2 aromatic heterocycles. The van der Waals surface area contributed by atoms with Gasteiger partial charge in [-0.3, -0.25) is 4.79 Å². The number of amides is 1. The summed E-state index contributed by atoms with van der Waals surface area (Å²) in [4.78, 5) is 19.8. The molecule has 0 radical (unpaired) electrons. The molecule has 1 atom stereocenters. The number of piperidine rings is 1. The fourth-order valence-electron chi connectivity index (χ4n) is 3.92. The largest absolute Gasteiger partial charge is 0.380 e. The topological polar surface area (TPSA) is 73.4 Å². The molecule has 1 aliphatic heterocycles. The van der Waals surface area contributed by atoms with Crippen molar-refractivity contribution in [2.75, 3.05) is 20.2 Å². The molecule has 1 aliphatic rings. The number of hydrogen-bond donors (Lipinski definition) is 0. The van der Waals surface area contributed by atoms with Crippen molar-refractivity contribution in [3.8, 4) is 0 Å². The van der Waals surface area contributed by atoms with Crippen LogP contribution in [0.2, 0.25) is 0 Å². The van der Waals surface area contributed by atoms with Gasteiger partial charge in [-0.1, -0.05) is 17.3 Å². The third-order valence-corrected chi connectivity index (χ3v) is 5.37. The number of carbonyl (C=O) groups excluding carboxylic acids is 1. The monoisotopic (exact) mass is 368 g/mol. The molecule has 1 aromatic carbocycles. The van der Waals surface area contributed by atoms with E-state index < -0.39 is 0 Å². The molecule has 0 bridgehead atoms. The molecule has 0 aliphatic carbocycles. The number of rotatable bonds is 4. The van der Waals surface area contributed by atoms with Crippen LogP contribution in [0.1, 0.15) is 46.4 Å². The molecule has 3 aromatic rings. The van der Waals surface area contributed by atoms with Crippen LogP contribution in [0.4, 0.5) is 0 Å². The van der Waals surface area contributed by atoms with Gasteiger partial charge in [-0.25, -0.2) is 4.98 Å². The number of fused-ring (bicyclic) bond motifs is 1. The van der Waals surface area contributed by atoms with Crippen LogP contribution in [0.3, 0.4) is 0 Å². The summed E-state index contributed by atoms with van der Waals surface area (Å²) in [5, 5.41) is 3.99. The molecular formula is C20H24N4O3. The molecular weight excluding hydrogens is 344 g/mol. The van der Waals surface area contributed by atoms with Crippen LogP contribution < -0.4 is 0 Å². The van der Waals surface area contributed by atoms with Gasteiger partial charge in [0.25, 0.3) is 5.91 Å². The van der Waals surface area contributed by atoms with Gasteiger partial charge in [0.1, 0.15) is 11.6 Å². The van der Waals surface area contributed by atoms with E-state index in [1.165, 1.54) is 0 Å². The second-order valence-corrected chi connectivity index (χ2v) is 7.11. The number of nitrogens with zero attached hydrogens (tertiary/aromatic N) is 4. The van der Waals surface area contributed by atoms with Gasteiger partial charge in [-0.05, 0) is 31.9 Å². The van der Waals surface area contributed by atoms with Gasteiger partial charge in [0.05, 0.1) is 23.2 Å². The van der Waals surface area contributed by atoms with E-state index >= 15 is 0 Å². The smallest absolute Gasteiger partial charge is 0.276 e. The number of hydrogen-bond acceptors (Lipinski definition) is 5. The highest BCUT2D eigenvalue weighted by Crippen LogP contribution is 2.29. The minimum absolute atomic E-state index is 0.0950. The van der Waals surface area contributed by atoms with Gasteiger partial charge < -0.3 is 18.7 Å². The third kappa shape index (κ3) is 3.12. The van der Waals surface area contributed by atoms with Crippen LogP contribution in [0, 0.1) is 6.92 Å². The number of aryl methyl sites for hydroxylation is 2. The summed E-state index contributed by atoms with van der Waals surface area (Å²) in [6, 6.07) is 8.13. The average Bonchev–Trinajstić information content (AvgIpc) is 3.22. The van der Waals surface area contributed by atoms with Crippen LogP contribution in [-0.4, -0.2) is 45.7 Å². The highest BCUT2D eigenvalue weighted by atomic mass is 16.5. The standard InChI is InChI=1S/C20H24N4O3/c1-13-15(12-26-3)18(22-27-13)20(25)24-10-6-7-14(11-24)19-21-16-8-4-5-9-17(16)23(19)2/h4-5,8-9,14H,6-7,10-12H2,1-3H3/t14-/m0/s1. The van der Waals surface area contributed by atoms with Gasteiger partial charge in [-0.2, -0.15) is 0 Å². The van der Waals surface area contributed by atoms with Crippen molar-refractivity contribution in [3.63, 3.8) is 0 Å². The van der Waals surface area contributed by atoms with Crippen molar-refractivity contribution in [2.45, 2.75) is 32.3 Å². The summed E-state index contributed by atoms with van der Waals surface area (Å²) in [5.74, 6) is 1.77. The summed E-state index contributed by atoms with van der Waals surface area (Å²) in [6.07, 6.45) is 1.96. The minimum Gasteiger partial charge on any atom is -0.380 e. The fourth-order valence-corrected chi connectivity index (χ4v) is 3.92. The molecule has 7 heteroatoms. The summed E-state index contributed by atoms with van der Waals surface area (Å²) in [7, 11) is 3.65. The lowest BCUT2D eigenvalue weighted by Crippen LogP contribution is -2.40. The number of methoxy groups -OCH3 is 1. The lowest BCUT2D eigenvalue weighted by atomic mass is 9.96. The molecule has 0 N–H and O–H groups in total. The summed E-state index contributed by atoms with van der Waals surface area (Å²) < 4.78 is 12.6. The number of aromatic nitrogens is 3. The highest BCUT2D eigenvalue weighted by molar-refractivity contribution is 5.94. The van der Waals surface area contributed by atoms with Crippen molar-refractivity contribution >= 4 is 16.9 Å². The van der Waals surface area contributed by atoms with Gasteiger partial charge in [0.15, 0.2) is 5.69 Å². The van der Waals surface area contributed by atoms with Crippen LogP contribution in [0.15, 0.2) is 28.8 Å². The molecule has 0 saturated carbocycles. The van der Waals surface area contributed by atoms with Gasteiger partial charge in [-0.15, -0.1) is 0 Å². The molecule has 4 rings (SSSR count). The maximum Gasteiger partial charge on any atom is 0.276 e. The molecule has 0 unspecified atom stereocenters. The predicted molar refractivity (Wildman–Crippen MR) is 101 cm³/mol. The first kappa shape index (κ1) is 17.7. The Hall–Kier alpha value is -2.67. The van der Waals surface area contributed by atoms with E-state index in [1.807, 2.05) is 30.1 Å². The van der Waals surface area contributed by atoms with Crippen molar-refractivity contribution < 1.29 is 14.1 Å². The first-order chi connectivity index (χ1) is 13.1. The quantitative estimate of drug-likeness (QED) is 0.708. The third-order valence-electron chi connectivity index (χ3n) is 5.37. The van der Waals surface area contributed by atoms with Crippen molar-refractivity contribution in [1.82, 2.24) is 19.6 Å². The van der Waals surface area contributed by atoms with Crippen LogP contribution in [-0.2, 0) is 18.4 Å². The van der Waals surface area contributed by atoms with E-state index in [0.29, 0.717) is 24.6 Å². The van der Waals surface area contributed by atoms with Gasteiger partial charge in [0.2, 0.25) is 0 Å². The van der Waals surface area contributed by atoms with Gasteiger partial charge >= 0.3 is 0 Å². The van der Waals surface area contributed by atoms with Crippen LogP contribution >= 0.6 is 0 Å². The summed E-state index contributed by atoms with van der Waals surface area (Å²) in [6.45, 7) is 3.47. The Morgan fingerprint density at radius 3 is 2.96 bits per heavy atom. The Bertz CT molecular complexity index is 975. The average molecular weight is 368 g/mol. The maximum atomic E-state index is 13.1. The Morgan fingerprint density at radius 2 is 2.19 bits per heavy atom. The first-order valence-corrected chi connectivity index (χ1v) is 9.25. The zero-order chi connectivity index (χ0) is 19.0. The molecule has 0 spiro atoms. The van der Waals surface area contributed by atoms with Crippen LogP contribution in [0.25, 0.3) is 11.0 Å². The molecule has 1 saturated heterocycles. The van der Waals surface area contributed by atoms with E-state index in [1.54, 1.807) is 14.0 Å². The minimum atomic E-state index is -0.0950. The number of imidazole rings is 1. The lowest BCUT2D eigenvalue weighted by molar-refractivity contribution is 0.0689. The Kier molecular flexibility index (Phi) is 4.70. The number of benzene rings is 1. The Balaban J connectivity index is 1.59. The second kappa shape index (κ2) is 7.15. The maximum absolute atomic E-state index is 13.1. The fraction of sp³-hybridized carbons (Fsp3) is 0.450. The van der Waals surface area contributed by atoms with E-state index in [2.05, 4.69) is 15.8 Å². The zero-order valence-electron chi connectivity index (χ0n) is 15.9. The second-order valence-electron chi connectivity index (χ2n) is 7.11. The Labute approximate surface area is 157 Å². The van der Waals surface area contributed by atoms with E-state index in [9.17, 15) is 4.79 Å². The SMILES string of the molecule is COCc1c(C(=O)N2CCC[C@H](c3nc4ccccc4n3C)C2)noc1C. The normalized spacial score (nSPS) is 17.6. The van der Waals surface area contributed by atoms with Crippen LogP contribution in [0.5, 0.6) is 0 Å². The Morgan fingerprint density at radius 1 is 1.37 bits per heavy atom. The molecule has 1 fully saturated rings. The van der Waals surface area contributed by atoms with Crippen molar-refractivity contribution in [3.05, 3.63) is 47.1 Å². The van der Waals surface area contributed by atoms with Crippen molar-refractivity contribution in [2.24, 2.45) is 7.05 Å². The molecule has 3 heterocycles. The molecule has 7 nitrogen and oxygen atoms in total. The van der Waals surface area contributed by atoms with Crippen molar-refractivity contribution in [1.29, 1.82) is 0 Å². The molecule has 27 heavy (non-hydrogen) atoms. The summed E-state index contributed by atoms with van der Waals surface area (Å²) in [5.41, 5.74) is 3.20. The van der Waals surface area contributed by atoms with E-state index in [4.69, 9.17) is 14.2 Å². The highest BCUT2D eigenvalue weighted by Gasteiger charge is 2.31. The predicted octanol–water partition coefficient (Wildman–Crippen LogP) is 3.04. The number of para-hydroxylation sites is 2. The van der Waals surface area contributed by atoms with E-state index in [-0.39, 0.29) is 11.8 Å². The summed E-state index contributed by atoms with van der Waals surface area (Å²) >= 11 is 0. The molecule has 1 amide bonds. The van der Waals surface area contributed by atoms with Gasteiger partial charge in [0, 0.05) is 33.2 Å². The number of ether oxygens (including phenoxy) is 1. The lowest BCUT2D eigenvalue weighted by Gasteiger charge is -2.32.